The number of para-hydroxylation sites is 1. The highest BCUT2D eigenvalue weighted by molar-refractivity contribution is 9.09. The van der Waals surface area contributed by atoms with Crippen LogP contribution in [0, 0.1) is 0 Å². The van der Waals surface area contributed by atoms with Gasteiger partial charge in [0.05, 0.1) is 15.7 Å². The summed E-state index contributed by atoms with van der Waals surface area (Å²) in [6.45, 7) is 0.809. The van der Waals surface area contributed by atoms with Crippen LogP contribution in [0.2, 0.25) is 10.0 Å². The highest BCUT2D eigenvalue weighted by Gasteiger charge is 2.02. The van der Waals surface area contributed by atoms with Crippen LogP contribution in [0.4, 0.5) is 5.69 Å². The van der Waals surface area contributed by atoms with Crippen molar-refractivity contribution in [2.45, 2.75) is 0 Å². The Hall–Kier alpha value is 0.560. The van der Waals surface area contributed by atoms with Gasteiger partial charge >= 0.3 is 0 Å². The van der Waals surface area contributed by atoms with E-state index in [0.29, 0.717) is 10.0 Å². The minimum Gasteiger partial charge on any atom is -0.382 e. The van der Waals surface area contributed by atoms with E-state index >= 15 is 0 Å². The van der Waals surface area contributed by atoms with Gasteiger partial charge in [0.1, 0.15) is 0 Å². The van der Waals surface area contributed by atoms with E-state index in [0.717, 1.165) is 17.6 Å². The molecule has 0 aliphatic rings. The molecule has 1 N–H and O–H groups in total. The third-order valence-corrected chi connectivity index (χ3v) is 2.39. The van der Waals surface area contributed by atoms with E-state index in [1.54, 1.807) is 0 Å². The molecule has 74 valence electrons. The Morgan fingerprint density at radius 3 is 2.23 bits per heavy atom. The molecule has 0 spiro atoms. The van der Waals surface area contributed by atoms with E-state index < -0.39 is 0 Å². The molecule has 0 atom stereocenters. The summed E-state index contributed by atoms with van der Waals surface area (Å²) in [4.78, 5) is 0. The predicted molar refractivity (Wildman–Crippen MR) is 69.1 cm³/mol. The normalized spacial score (nSPS) is 9.15. The van der Waals surface area contributed by atoms with Crippen molar-refractivity contribution in [3.05, 3.63) is 28.2 Å². The van der Waals surface area contributed by atoms with Crippen molar-refractivity contribution in [1.82, 2.24) is 0 Å². The Morgan fingerprint density at radius 1 is 1.23 bits per heavy atom. The Balaban J connectivity index is 0.00000144. The van der Waals surface area contributed by atoms with E-state index in [1.165, 1.54) is 0 Å². The second-order valence-corrected chi connectivity index (χ2v) is 3.82. The molecule has 0 aliphatic heterocycles. The standard InChI is InChI=1S/C8H8BrCl2N.BrH/c9-4-5-12-8-6(10)2-1-3-7(8)11;/h1-3,12H,4-5H2;1H. The lowest BCUT2D eigenvalue weighted by Crippen LogP contribution is -2.02. The van der Waals surface area contributed by atoms with E-state index in [1.807, 2.05) is 18.2 Å². The fraction of sp³-hybridized carbons (Fsp3) is 0.250. The molecule has 0 radical (unpaired) electrons. The first-order chi connectivity index (χ1) is 5.75. The van der Waals surface area contributed by atoms with Crippen molar-refractivity contribution in [1.29, 1.82) is 0 Å². The second kappa shape index (κ2) is 6.93. The lowest BCUT2D eigenvalue weighted by atomic mass is 10.3. The molecule has 0 aliphatic carbocycles. The molecular weight excluding hydrogens is 341 g/mol. The summed E-state index contributed by atoms with van der Waals surface area (Å²) in [6.07, 6.45) is 0. The number of nitrogens with one attached hydrogen (secondary N) is 1. The molecule has 0 saturated heterocycles. The molecule has 0 fully saturated rings. The fourth-order valence-corrected chi connectivity index (χ4v) is 1.57. The molecule has 1 aromatic rings. The Morgan fingerprint density at radius 2 is 1.77 bits per heavy atom. The Bertz CT molecular complexity index is 248. The first-order valence-corrected chi connectivity index (χ1v) is 5.37. The largest absolute Gasteiger partial charge is 0.382 e. The molecule has 0 heterocycles. The third kappa shape index (κ3) is 4.07. The van der Waals surface area contributed by atoms with Gasteiger partial charge in [-0.05, 0) is 12.1 Å². The number of anilines is 1. The molecule has 0 unspecified atom stereocenters. The van der Waals surface area contributed by atoms with E-state index in [9.17, 15) is 0 Å². The van der Waals surface area contributed by atoms with Gasteiger partial charge in [-0.2, -0.15) is 0 Å². The average Bonchev–Trinajstić information content (AvgIpc) is 2.04. The van der Waals surface area contributed by atoms with Crippen LogP contribution in [0.15, 0.2) is 18.2 Å². The maximum absolute atomic E-state index is 5.90. The van der Waals surface area contributed by atoms with Gasteiger partial charge in [0, 0.05) is 11.9 Å². The van der Waals surface area contributed by atoms with Crippen molar-refractivity contribution in [2.75, 3.05) is 17.2 Å². The summed E-state index contributed by atoms with van der Waals surface area (Å²) in [7, 11) is 0. The number of halogens is 4. The number of alkyl halides is 1. The number of hydrogen-bond donors (Lipinski definition) is 1. The first kappa shape index (κ1) is 13.6. The second-order valence-electron chi connectivity index (χ2n) is 2.21. The number of hydrogen-bond acceptors (Lipinski definition) is 1. The lowest BCUT2D eigenvalue weighted by molar-refractivity contribution is 1.24. The monoisotopic (exact) mass is 347 g/mol. The zero-order chi connectivity index (χ0) is 8.97. The van der Waals surface area contributed by atoms with Gasteiger partial charge < -0.3 is 5.32 Å². The van der Waals surface area contributed by atoms with Crippen LogP contribution in [0.5, 0.6) is 0 Å². The first-order valence-electron chi connectivity index (χ1n) is 3.49. The van der Waals surface area contributed by atoms with Gasteiger partial charge in [-0.25, -0.2) is 0 Å². The van der Waals surface area contributed by atoms with Gasteiger partial charge in [0.2, 0.25) is 0 Å². The Labute approximate surface area is 107 Å². The average molecular weight is 350 g/mol. The van der Waals surface area contributed by atoms with E-state index in [-0.39, 0.29) is 17.0 Å². The smallest absolute Gasteiger partial charge is 0.0719 e. The van der Waals surface area contributed by atoms with Crippen molar-refractivity contribution >= 4 is 61.8 Å². The molecule has 0 aromatic heterocycles. The summed E-state index contributed by atoms with van der Waals surface area (Å²) in [5.41, 5.74) is 0.806. The summed E-state index contributed by atoms with van der Waals surface area (Å²) in [5.74, 6) is 0. The lowest BCUT2D eigenvalue weighted by Gasteiger charge is -2.07. The van der Waals surface area contributed by atoms with Crippen molar-refractivity contribution in [2.24, 2.45) is 0 Å². The summed E-state index contributed by atoms with van der Waals surface area (Å²) in [6, 6.07) is 5.44. The van der Waals surface area contributed by atoms with Crippen LogP contribution in [0.25, 0.3) is 0 Å². The zero-order valence-electron chi connectivity index (χ0n) is 6.69. The molecule has 0 amide bonds. The molecule has 0 saturated carbocycles. The number of benzene rings is 1. The zero-order valence-corrected chi connectivity index (χ0v) is 11.5. The molecule has 1 nitrogen and oxygen atoms in total. The van der Waals surface area contributed by atoms with Crippen molar-refractivity contribution in [3.63, 3.8) is 0 Å². The summed E-state index contributed by atoms with van der Waals surface area (Å²) >= 11 is 15.1. The van der Waals surface area contributed by atoms with Crippen molar-refractivity contribution < 1.29 is 0 Å². The van der Waals surface area contributed by atoms with Gasteiger partial charge in [-0.15, -0.1) is 17.0 Å². The van der Waals surface area contributed by atoms with Crippen LogP contribution in [0.3, 0.4) is 0 Å². The fourth-order valence-electron chi connectivity index (χ4n) is 0.839. The van der Waals surface area contributed by atoms with Gasteiger partial charge in [-0.1, -0.05) is 45.2 Å². The molecule has 1 aromatic carbocycles. The quantitative estimate of drug-likeness (QED) is 0.799. The maximum Gasteiger partial charge on any atom is 0.0719 e. The van der Waals surface area contributed by atoms with Gasteiger partial charge in [0.15, 0.2) is 0 Å². The summed E-state index contributed by atoms with van der Waals surface area (Å²) in [5, 5.41) is 5.30. The number of rotatable bonds is 3. The van der Waals surface area contributed by atoms with Crippen LogP contribution < -0.4 is 5.32 Å². The van der Waals surface area contributed by atoms with Crippen LogP contribution in [0.1, 0.15) is 0 Å². The van der Waals surface area contributed by atoms with Gasteiger partial charge in [-0.3, -0.25) is 0 Å². The molecule has 5 heteroatoms. The highest BCUT2D eigenvalue weighted by Crippen LogP contribution is 2.29. The van der Waals surface area contributed by atoms with E-state index in [2.05, 4.69) is 21.2 Å². The highest BCUT2D eigenvalue weighted by atomic mass is 79.9. The minimum atomic E-state index is 0. The predicted octanol–water partition coefficient (Wildman–Crippen LogP) is 4.38. The molecule has 0 bridgehead atoms. The molecular formula is C8H9Br2Cl2N. The molecule has 13 heavy (non-hydrogen) atoms. The van der Waals surface area contributed by atoms with Crippen molar-refractivity contribution in [3.8, 4) is 0 Å². The minimum absolute atomic E-state index is 0. The SMILES string of the molecule is Br.Clc1cccc(Cl)c1NCCBr. The van der Waals surface area contributed by atoms with Crippen LogP contribution in [-0.4, -0.2) is 11.9 Å². The Kier molecular flexibility index (Phi) is 7.23. The topological polar surface area (TPSA) is 12.0 Å². The van der Waals surface area contributed by atoms with E-state index in [4.69, 9.17) is 23.2 Å². The summed E-state index contributed by atoms with van der Waals surface area (Å²) < 4.78 is 0. The molecule has 1 rings (SSSR count). The van der Waals surface area contributed by atoms with Crippen LogP contribution in [-0.2, 0) is 0 Å². The van der Waals surface area contributed by atoms with Crippen LogP contribution >= 0.6 is 56.1 Å². The third-order valence-electron chi connectivity index (χ3n) is 1.36. The van der Waals surface area contributed by atoms with Gasteiger partial charge in [0.25, 0.3) is 0 Å². The maximum atomic E-state index is 5.90.